The first-order valence-electron chi connectivity index (χ1n) is 12.8. The zero-order chi connectivity index (χ0) is 29.3. The van der Waals surface area contributed by atoms with Crippen LogP contribution in [0, 0.1) is 11.7 Å². The summed E-state index contributed by atoms with van der Waals surface area (Å²) >= 11 is 7.78. The number of aliphatic imine (C=N–C) groups is 1. The summed E-state index contributed by atoms with van der Waals surface area (Å²) in [5, 5.41) is 19.4. The van der Waals surface area contributed by atoms with Crippen LogP contribution < -0.4 is 5.32 Å². The number of rotatable bonds is 8. The quantitative estimate of drug-likeness (QED) is 0.366. The van der Waals surface area contributed by atoms with Gasteiger partial charge in [-0.25, -0.2) is 22.6 Å². The monoisotopic (exact) mass is 622 g/mol. The van der Waals surface area contributed by atoms with E-state index in [0.29, 0.717) is 34.9 Å². The van der Waals surface area contributed by atoms with Crippen molar-refractivity contribution in [1.29, 1.82) is 0 Å². The number of carbonyl (C=O) groups excluding carboxylic acids is 1. The van der Waals surface area contributed by atoms with Gasteiger partial charge in [-0.05, 0) is 31.9 Å². The smallest absolute Gasteiger partial charge is 0.338 e. The first-order chi connectivity index (χ1) is 19.6. The molecule has 2 atom stereocenters. The molecule has 41 heavy (non-hydrogen) atoms. The Bertz CT molecular complexity index is 1600. The molecule has 2 aliphatic heterocycles. The van der Waals surface area contributed by atoms with E-state index < -0.39 is 34.0 Å². The van der Waals surface area contributed by atoms with Gasteiger partial charge in [-0.15, -0.1) is 11.3 Å². The molecule has 0 spiro atoms. The second-order valence-electron chi connectivity index (χ2n) is 9.75. The molecule has 0 amide bonds. The third kappa shape index (κ3) is 6.06. The van der Waals surface area contributed by atoms with Crippen molar-refractivity contribution < 1.29 is 27.4 Å². The van der Waals surface area contributed by atoms with Crippen LogP contribution in [-0.4, -0.2) is 70.7 Å². The number of allylic oxidation sites excluding steroid dienone is 1. The minimum absolute atomic E-state index is 0.0473. The van der Waals surface area contributed by atoms with E-state index in [9.17, 15) is 22.7 Å². The number of sulfonamides is 1. The summed E-state index contributed by atoms with van der Waals surface area (Å²) in [7, 11) is -2.55. The van der Waals surface area contributed by atoms with Gasteiger partial charge in [0.15, 0.2) is 10.8 Å². The molecule has 4 heterocycles. The molecule has 3 aromatic rings. The Kier molecular flexibility index (Phi) is 8.57. The molecular formula is C26H28ClFN6O5S2. The summed E-state index contributed by atoms with van der Waals surface area (Å²) in [6.45, 7) is 2.16. The third-order valence-corrected chi connectivity index (χ3v) is 9.89. The minimum atomic E-state index is -3.82. The standard InChI is InChI=1S/C26H28ClFN6O5S2/c1-15(35)13-33-14-18(12-30-33)41(37,38)34-8-5-16(6-9-34)22-21(26(36)39-2)23(19-4-3-17(28)11-20(19)27)32-24(31-22)25-29-7-10-40-25/h3-4,7,10-12,14-16,23,35H,5-6,8-9,13H2,1-2H3,(H,31,32)/t15-,23?/m1/s1. The predicted octanol–water partition coefficient (Wildman–Crippen LogP) is 3.13. The number of thiazole rings is 1. The number of hydrogen-bond acceptors (Lipinski definition) is 10. The lowest BCUT2D eigenvalue weighted by molar-refractivity contribution is -0.136. The van der Waals surface area contributed by atoms with Crippen molar-refractivity contribution in [3.05, 3.63) is 74.9 Å². The second kappa shape index (κ2) is 12.0. The van der Waals surface area contributed by atoms with Gasteiger partial charge >= 0.3 is 5.97 Å². The lowest BCUT2D eigenvalue weighted by atomic mass is 9.86. The van der Waals surface area contributed by atoms with E-state index in [1.165, 1.54) is 58.0 Å². The molecule has 11 nitrogen and oxygen atoms in total. The second-order valence-corrected chi connectivity index (χ2v) is 13.0. The van der Waals surface area contributed by atoms with E-state index in [2.05, 4.69) is 15.4 Å². The number of esters is 1. The Hall–Kier alpha value is -3.17. The van der Waals surface area contributed by atoms with E-state index in [0.717, 1.165) is 0 Å². The van der Waals surface area contributed by atoms with Crippen LogP contribution in [0.4, 0.5) is 4.39 Å². The number of carbonyl (C=O) groups is 1. The molecular weight excluding hydrogens is 595 g/mol. The van der Waals surface area contributed by atoms with E-state index in [1.807, 2.05) is 0 Å². The number of aliphatic hydroxyl groups is 1. The summed E-state index contributed by atoms with van der Waals surface area (Å²) in [6, 6.07) is 3.01. The molecule has 1 unspecified atom stereocenters. The summed E-state index contributed by atoms with van der Waals surface area (Å²) in [6.07, 6.45) is 4.45. The Morgan fingerprint density at radius 1 is 1.34 bits per heavy atom. The van der Waals surface area contributed by atoms with Gasteiger partial charge in [-0.1, -0.05) is 17.7 Å². The zero-order valence-electron chi connectivity index (χ0n) is 22.2. The van der Waals surface area contributed by atoms with Crippen molar-refractivity contribution in [1.82, 2.24) is 24.4 Å². The molecule has 218 valence electrons. The number of nitrogens with zero attached hydrogens (tertiary/aromatic N) is 5. The van der Waals surface area contributed by atoms with Gasteiger partial charge in [0.2, 0.25) is 10.0 Å². The largest absolute Gasteiger partial charge is 0.466 e. The molecule has 15 heteroatoms. The Morgan fingerprint density at radius 3 is 2.73 bits per heavy atom. The maximum Gasteiger partial charge on any atom is 0.338 e. The minimum Gasteiger partial charge on any atom is -0.466 e. The SMILES string of the molecule is COC(=O)C1=C(C2CCN(S(=O)(=O)c3cnn(C[C@@H](C)O)c3)CC2)NC(c2nccs2)=NC1c1ccc(F)cc1Cl. The molecule has 0 aliphatic carbocycles. The van der Waals surface area contributed by atoms with Crippen molar-refractivity contribution in [3.8, 4) is 0 Å². The number of methoxy groups -OCH3 is 1. The van der Waals surface area contributed by atoms with E-state index in [1.54, 1.807) is 18.5 Å². The van der Waals surface area contributed by atoms with E-state index >= 15 is 0 Å². The molecule has 5 rings (SSSR count). The fraction of sp³-hybridized carbons (Fsp3) is 0.385. The lowest BCUT2D eigenvalue weighted by Gasteiger charge is -2.36. The fourth-order valence-electron chi connectivity index (χ4n) is 5.00. The van der Waals surface area contributed by atoms with Crippen LogP contribution in [0.5, 0.6) is 0 Å². The highest BCUT2D eigenvalue weighted by Crippen LogP contribution is 2.40. The molecule has 1 saturated heterocycles. The normalized spacial score (nSPS) is 19.5. The number of halogens is 2. The summed E-state index contributed by atoms with van der Waals surface area (Å²) in [5.41, 5.74) is 1.20. The highest BCUT2D eigenvalue weighted by molar-refractivity contribution is 7.89. The van der Waals surface area contributed by atoms with Gasteiger partial charge in [0.05, 0.1) is 31.5 Å². The van der Waals surface area contributed by atoms with Crippen molar-refractivity contribution in [3.63, 3.8) is 0 Å². The fourth-order valence-corrected chi connectivity index (χ4v) is 7.28. The number of aliphatic hydroxyl groups excluding tert-OH is 1. The van der Waals surface area contributed by atoms with Crippen LogP contribution in [0.1, 0.15) is 36.4 Å². The highest BCUT2D eigenvalue weighted by atomic mass is 35.5. The van der Waals surface area contributed by atoms with Crippen molar-refractivity contribution in [2.45, 2.75) is 43.4 Å². The average Bonchev–Trinajstić information content (AvgIpc) is 3.65. The molecule has 1 fully saturated rings. The van der Waals surface area contributed by atoms with Gasteiger partial charge in [0.25, 0.3) is 0 Å². The molecule has 0 bridgehead atoms. The summed E-state index contributed by atoms with van der Waals surface area (Å²) in [5.74, 6) is -0.972. The van der Waals surface area contributed by atoms with Gasteiger partial charge in [-0.3, -0.25) is 9.67 Å². The number of piperidine rings is 1. The number of aromatic nitrogens is 3. The molecule has 2 aliphatic rings. The number of amidine groups is 1. The molecule has 2 aromatic heterocycles. The van der Waals surface area contributed by atoms with Crippen LogP contribution in [0.15, 0.2) is 63.3 Å². The lowest BCUT2D eigenvalue weighted by Crippen LogP contribution is -2.43. The van der Waals surface area contributed by atoms with Gasteiger partial charge in [0, 0.05) is 53.1 Å². The van der Waals surface area contributed by atoms with E-state index in [4.69, 9.17) is 21.3 Å². The van der Waals surface area contributed by atoms with Gasteiger partial charge in [0.1, 0.15) is 16.8 Å². The maximum atomic E-state index is 13.9. The number of nitrogens with one attached hydrogen (secondary N) is 1. The van der Waals surface area contributed by atoms with Crippen LogP contribution in [0.2, 0.25) is 5.02 Å². The van der Waals surface area contributed by atoms with Gasteiger partial charge in [-0.2, -0.15) is 9.40 Å². The molecule has 0 saturated carbocycles. The Labute approximate surface area is 245 Å². The Morgan fingerprint density at radius 2 is 2.10 bits per heavy atom. The zero-order valence-corrected chi connectivity index (χ0v) is 24.6. The van der Waals surface area contributed by atoms with Gasteiger partial charge < -0.3 is 15.2 Å². The average molecular weight is 623 g/mol. The molecule has 0 radical (unpaired) electrons. The predicted molar refractivity (Wildman–Crippen MR) is 150 cm³/mol. The van der Waals surface area contributed by atoms with Crippen LogP contribution in [0.3, 0.4) is 0 Å². The molecule has 1 aromatic carbocycles. The number of hydrogen-bond donors (Lipinski definition) is 2. The van der Waals surface area contributed by atoms with Crippen molar-refractivity contribution in [2.75, 3.05) is 20.2 Å². The summed E-state index contributed by atoms with van der Waals surface area (Å²) < 4.78 is 48.5. The van der Waals surface area contributed by atoms with Crippen molar-refractivity contribution in [2.24, 2.45) is 10.9 Å². The Balaban J connectivity index is 1.47. The topological polar surface area (TPSA) is 139 Å². The third-order valence-electron chi connectivity index (χ3n) is 6.93. The first-order valence-corrected chi connectivity index (χ1v) is 15.5. The van der Waals surface area contributed by atoms with Crippen LogP contribution in [0.25, 0.3) is 0 Å². The van der Waals surface area contributed by atoms with Crippen LogP contribution >= 0.6 is 22.9 Å². The maximum absolute atomic E-state index is 13.9. The van der Waals surface area contributed by atoms with Crippen LogP contribution in [-0.2, 0) is 26.1 Å². The number of ether oxygens (including phenoxy) is 1. The molecule has 2 N–H and O–H groups in total. The highest BCUT2D eigenvalue weighted by Gasteiger charge is 2.39. The van der Waals surface area contributed by atoms with E-state index in [-0.39, 0.29) is 41.0 Å². The first kappa shape index (κ1) is 29.3. The van der Waals surface area contributed by atoms with Crippen molar-refractivity contribution >= 4 is 44.8 Å². The summed E-state index contributed by atoms with van der Waals surface area (Å²) in [4.78, 5) is 22.4. The number of benzene rings is 1.